The Morgan fingerprint density at radius 2 is 2.29 bits per heavy atom. The number of hydrogen-bond acceptors (Lipinski definition) is 4. The summed E-state index contributed by atoms with van der Waals surface area (Å²) < 4.78 is 5.33. The average molecular weight is 231 g/mol. The molecule has 1 unspecified atom stereocenters. The first-order valence-corrected chi connectivity index (χ1v) is 5.63. The standard InChI is InChI=1S/C13H17N3O/c1-9-11(5-7-17-9)12(15-2)8-10-4-3-6-16-13(10)14/h3-7,12,15H,8H2,1-2H3,(H2,14,16). The highest BCUT2D eigenvalue weighted by Gasteiger charge is 2.15. The fraction of sp³-hybridized carbons (Fsp3) is 0.308. The molecule has 0 aliphatic heterocycles. The van der Waals surface area contributed by atoms with Crippen LogP contribution >= 0.6 is 0 Å². The lowest BCUT2D eigenvalue weighted by Crippen LogP contribution is -2.19. The third-order valence-electron chi connectivity index (χ3n) is 2.97. The van der Waals surface area contributed by atoms with Gasteiger partial charge in [-0.05, 0) is 38.1 Å². The van der Waals surface area contributed by atoms with E-state index in [0.717, 1.165) is 23.3 Å². The molecule has 0 fully saturated rings. The fourth-order valence-corrected chi connectivity index (χ4v) is 1.97. The molecule has 17 heavy (non-hydrogen) atoms. The summed E-state index contributed by atoms with van der Waals surface area (Å²) in [6, 6.07) is 6.09. The van der Waals surface area contributed by atoms with Gasteiger partial charge >= 0.3 is 0 Å². The van der Waals surface area contributed by atoms with E-state index in [1.807, 2.05) is 32.2 Å². The van der Waals surface area contributed by atoms with Gasteiger partial charge in [-0.2, -0.15) is 0 Å². The zero-order chi connectivity index (χ0) is 12.3. The van der Waals surface area contributed by atoms with Crippen LogP contribution in [-0.2, 0) is 6.42 Å². The molecule has 0 spiro atoms. The maximum Gasteiger partial charge on any atom is 0.126 e. The Morgan fingerprint density at radius 3 is 2.88 bits per heavy atom. The molecule has 2 heterocycles. The van der Waals surface area contributed by atoms with Crippen molar-refractivity contribution in [2.75, 3.05) is 12.8 Å². The van der Waals surface area contributed by atoms with E-state index in [0.29, 0.717) is 5.82 Å². The number of nitrogens with zero attached hydrogens (tertiary/aromatic N) is 1. The van der Waals surface area contributed by atoms with Crippen molar-refractivity contribution in [3.63, 3.8) is 0 Å². The number of nitrogens with one attached hydrogen (secondary N) is 1. The Kier molecular flexibility index (Phi) is 3.44. The Bertz CT molecular complexity index is 493. The van der Waals surface area contributed by atoms with Crippen LogP contribution in [0.2, 0.25) is 0 Å². The molecule has 0 saturated heterocycles. The number of aryl methyl sites for hydroxylation is 1. The molecule has 2 aromatic heterocycles. The third kappa shape index (κ3) is 2.47. The van der Waals surface area contributed by atoms with Gasteiger partial charge in [-0.25, -0.2) is 4.98 Å². The lowest BCUT2D eigenvalue weighted by Gasteiger charge is -2.16. The van der Waals surface area contributed by atoms with Gasteiger partial charge in [-0.15, -0.1) is 0 Å². The third-order valence-corrected chi connectivity index (χ3v) is 2.97. The van der Waals surface area contributed by atoms with E-state index in [1.54, 1.807) is 12.5 Å². The Labute approximate surface area is 101 Å². The van der Waals surface area contributed by atoms with Crippen LogP contribution in [0, 0.1) is 6.92 Å². The number of likely N-dealkylation sites (N-methyl/N-ethyl adjacent to an activating group) is 1. The first kappa shape index (κ1) is 11.7. The van der Waals surface area contributed by atoms with E-state index in [4.69, 9.17) is 10.2 Å². The molecule has 4 nitrogen and oxygen atoms in total. The molecule has 0 aliphatic carbocycles. The van der Waals surface area contributed by atoms with Gasteiger partial charge in [0.15, 0.2) is 0 Å². The SMILES string of the molecule is CNC(Cc1cccnc1N)c1ccoc1C. The smallest absolute Gasteiger partial charge is 0.126 e. The second-order valence-corrected chi connectivity index (χ2v) is 4.03. The second-order valence-electron chi connectivity index (χ2n) is 4.03. The number of hydrogen-bond donors (Lipinski definition) is 2. The largest absolute Gasteiger partial charge is 0.469 e. The van der Waals surface area contributed by atoms with Crippen molar-refractivity contribution in [3.05, 3.63) is 47.5 Å². The van der Waals surface area contributed by atoms with Crippen LogP contribution in [0.1, 0.15) is 22.9 Å². The van der Waals surface area contributed by atoms with Crippen LogP contribution in [0.25, 0.3) is 0 Å². The summed E-state index contributed by atoms with van der Waals surface area (Å²) in [5.74, 6) is 1.53. The van der Waals surface area contributed by atoms with Crippen LogP contribution < -0.4 is 11.1 Å². The normalized spacial score (nSPS) is 12.6. The number of aromatic nitrogens is 1. The van der Waals surface area contributed by atoms with Crippen molar-refractivity contribution in [3.8, 4) is 0 Å². The molecule has 1 atom stereocenters. The summed E-state index contributed by atoms with van der Waals surface area (Å²) >= 11 is 0. The van der Waals surface area contributed by atoms with Crippen molar-refractivity contribution < 1.29 is 4.42 Å². The van der Waals surface area contributed by atoms with E-state index >= 15 is 0 Å². The van der Waals surface area contributed by atoms with Crippen molar-refractivity contribution in [1.29, 1.82) is 0 Å². The first-order valence-electron chi connectivity index (χ1n) is 5.63. The van der Waals surface area contributed by atoms with Crippen LogP contribution in [0.15, 0.2) is 35.1 Å². The zero-order valence-electron chi connectivity index (χ0n) is 10.1. The molecular weight excluding hydrogens is 214 g/mol. The quantitative estimate of drug-likeness (QED) is 0.845. The molecule has 0 saturated carbocycles. The first-order chi connectivity index (χ1) is 8.22. The van der Waals surface area contributed by atoms with Gasteiger partial charge in [-0.3, -0.25) is 0 Å². The maximum absolute atomic E-state index is 5.85. The van der Waals surface area contributed by atoms with Crippen LogP contribution in [0.4, 0.5) is 5.82 Å². The number of nitrogens with two attached hydrogens (primary N) is 1. The highest BCUT2D eigenvalue weighted by molar-refractivity contribution is 5.40. The summed E-state index contributed by atoms with van der Waals surface area (Å²) in [5.41, 5.74) is 8.06. The van der Waals surface area contributed by atoms with E-state index in [1.165, 1.54) is 0 Å². The summed E-state index contributed by atoms with van der Waals surface area (Å²) in [5, 5.41) is 3.28. The highest BCUT2D eigenvalue weighted by atomic mass is 16.3. The molecule has 2 aromatic rings. The van der Waals surface area contributed by atoms with Crippen molar-refractivity contribution in [1.82, 2.24) is 10.3 Å². The summed E-state index contributed by atoms with van der Waals surface area (Å²) in [6.45, 7) is 1.96. The van der Waals surface area contributed by atoms with E-state index in [2.05, 4.69) is 10.3 Å². The van der Waals surface area contributed by atoms with Crippen molar-refractivity contribution >= 4 is 5.82 Å². The maximum atomic E-state index is 5.85. The summed E-state index contributed by atoms with van der Waals surface area (Å²) in [4.78, 5) is 4.10. The highest BCUT2D eigenvalue weighted by Crippen LogP contribution is 2.23. The number of anilines is 1. The number of pyridine rings is 1. The van der Waals surface area contributed by atoms with Gasteiger partial charge in [0.2, 0.25) is 0 Å². The van der Waals surface area contributed by atoms with Crippen LogP contribution in [-0.4, -0.2) is 12.0 Å². The van der Waals surface area contributed by atoms with Gasteiger partial charge in [0.05, 0.1) is 6.26 Å². The summed E-state index contributed by atoms with van der Waals surface area (Å²) in [6.07, 6.45) is 4.22. The van der Waals surface area contributed by atoms with Gasteiger partial charge in [0.1, 0.15) is 11.6 Å². The Balaban J connectivity index is 2.22. The average Bonchev–Trinajstić information content (AvgIpc) is 2.75. The van der Waals surface area contributed by atoms with E-state index in [-0.39, 0.29) is 6.04 Å². The Morgan fingerprint density at radius 1 is 1.47 bits per heavy atom. The van der Waals surface area contributed by atoms with E-state index in [9.17, 15) is 0 Å². The lowest BCUT2D eigenvalue weighted by atomic mass is 10.00. The van der Waals surface area contributed by atoms with E-state index < -0.39 is 0 Å². The number of rotatable bonds is 4. The van der Waals surface area contributed by atoms with Crippen molar-refractivity contribution in [2.24, 2.45) is 0 Å². The predicted molar refractivity (Wildman–Crippen MR) is 67.6 cm³/mol. The molecule has 0 amide bonds. The second kappa shape index (κ2) is 5.01. The van der Waals surface area contributed by atoms with Gasteiger partial charge in [-0.1, -0.05) is 6.07 Å². The van der Waals surface area contributed by atoms with Gasteiger partial charge < -0.3 is 15.5 Å². The zero-order valence-corrected chi connectivity index (χ0v) is 10.1. The topological polar surface area (TPSA) is 64.1 Å². The molecule has 0 aromatic carbocycles. The predicted octanol–water partition coefficient (Wildman–Crippen LogP) is 2.07. The number of nitrogen functional groups attached to an aromatic ring is 1. The minimum atomic E-state index is 0.195. The molecule has 2 rings (SSSR count). The molecule has 3 N–H and O–H groups in total. The van der Waals surface area contributed by atoms with Crippen LogP contribution in [0.5, 0.6) is 0 Å². The van der Waals surface area contributed by atoms with Gasteiger partial charge in [0, 0.05) is 17.8 Å². The fourth-order valence-electron chi connectivity index (χ4n) is 1.97. The molecule has 0 aliphatic rings. The monoisotopic (exact) mass is 231 g/mol. The molecule has 4 heteroatoms. The molecule has 0 bridgehead atoms. The van der Waals surface area contributed by atoms with Gasteiger partial charge in [0.25, 0.3) is 0 Å². The minimum Gasteiger partial charge on any atom is -0.469 e. The Hall–Kier alpha value is -1.81. The summed E-state index contributed by atoms with van der Waals surface area (Å²) in [7, 11) is 1.93. The lowest BCUT2D eigenvalue weighted by molar-refractivity contribution is 0.512. The molecule has 0 radical (unpaired) electrons. The van der Waals surface area contributed by atoms with Crippen molar-refractivity contribution in [2.45, 2.75) is 19.4 Å². The van der Waals surface area contributed by atoms with Crippen LogP contribution in [0.3, 0.4) is 0 Å². The minimum absolute atomic E-state index is 0.195. The number of furan rings is 1. The molecular formula is C13H17N3O. The molecule has 90 valence electrons.